The van der Waals surface area contributed by atoms with Crippen molar-refractivity contribution in [2.75, 3.05) is 6.54 Å². The van der Waals surface area contributed by atoms with Crippen molar-refractivity contribution in [3.63, 3.8) is 0 Å². The second kappa shape index (κ2) is 7.40. The molecule has 1 aromatic heterocycles. The number of hydrogen-bond donors (Lipinski definition) is 1. The Bertz CT molecular complexity index is 802. The highest BCUT2D eigenvalue weighted by molar-refractivity contribution is 7.13. The molecule has 23 heavy (non-hydrogen) atoms. The first-order valence-electron chi connectivity index (χ1n) is 7.26. The molecule has 0 saturated heterocycles. The highest BCUT2D eigenvalue weighted by Gasteiger charge is 2.07. The Balaban J connectivity index is 1.55. The summed E-state index contributed by atoms with van der Waals surface area (Å²) < 4.78 is 0. The second-order valence-corrected chi connectivity index (χ2v) is 6.32. The topological polar surface area (TPSA) is 42.0 Å². The van der Waals surface area contributed by atoms with Crippen molar-refractivity contribution in [2.45, 2.75) is 6.42 Å². The van der Waals surface area contributed by atoms with Crippen molar-refractivity contribution in [1.82, 2.24) is 10.3 Å². The van der Waals surface area contributed by atoms with Crippen LogP contribution in [0.2, 0.25) is 5.02 Å². The van der Waals surface area contributed by atoms with Gasteiger partial charge in [0.25, 0.3) is 5.91 Å². The Kier molecular flexibility index (Phi) is 5.05. The summed E-state index contributed by atoms with van der Waals surface area (Å²) in [4.78, 5) is 16.6. The van der Waals surface area contributed by atoms with Crippen molar-refractivity contribution in [1.29, 1.82) is 0 Å². The van der Waals surface area contributed by atoms with Gasteiger partial charge in [0.05, 0.1) is 5.69 Å². The van der Waals surface area contributed by atoms with Gasteiger partial charge in [-0.3, -0.25) is 4.79 Å². The monoisotopic (exact) mass is 342 g/mol. The van der Waals surface area contributed by atoms with Crippen molar-refractivity contribution in [2.24, 2.45) is 0 Å². The molecule has 2 aromatic carbocycles. The van der Waals surface area contributed by atoms with Gasteiger partial charge in [0.15, 0.2) is 0 Å². The highest BCUT2D eigenvalue weighted by Crippen LogP contribution is 2.23. The molecule has 116 valence electrons. The van der Waals surface area contributed by atoms with Crippen LogP contribution in [-0.2, 0) is 6.42 Å². The number of nitrogens with zero attached hydrogens (tertiary/aromatic N) is 1. The van der Waals surface area contributed by atoms with Crippen LogP contribution in [0.5, 0.6) is 0 Å². The minimum Gasteiger partial charge on any atom is -0.352 e. The van der Waals surface area contributed by atoms with E-state index in [9.17, 15) is 4.79 Å². The standard InChI is InChI=1S/C18H15ClN2OS/c19-15-8-4-7-14(11-15)17(22)20-10-9-16-12-23-18(21-16)13-5-2-1-3-6-13/h1-8,11-12H,9-10H2,(H,20,22). The normalized spacial score (nSPS) is 10.5. The summed E-state index contributed by atoms with van der Waals surface area (Å²) in [5.74, 6) is -0.119. The van der Waals surface area contributed by atoms with Gasteiger partial charge >= 0.3 is 0 Å². The molecule has 1 amide bonds. The third kappa shape index (κ3) is 4.18. The second-order valence-electron chi connectivity index (χ2n) is 5.03. The summed E-state index contributed by atoms with van der Waals surface area (Å²) in [6.07, 6.45) is 0.704. The van der Waals surface area contributed by atoms with Gasteiger partial charge in [0.2, 0.25) is 0 Å². The van der Waals surface area contributed by atoms with Crippen molar-refractivity contribution >= 4 is 28.8 Å². The fourth-order valence-electron chi connectivity index (χ4n) is 2.17. The number of halogens is 1. The molecule has 0 bridgehead atoms. The summed E-state index contributed by atoms with van der Waals surface area (Å²) in [6.45, 7) is 0.545. The average Bonchev–Trinajstić information content (AvgIpc) is 3.04. The van der Waals surface area contributed by atoms with Gasteiger partial charge in [0, 0.05) is 34.5 Å². The smallest absolute Gasteiger partial charge is 0.251 e. The number of rotatable bonds is 5. The Morgan fingerprint density at radius 2 is 1.96 bits per heavy atom. The van der Waals surface area contributed by atoms with Crippen molar-refractivity contribution in [3.8, 4) is 10.6 Å². The highest BCUT2D eigenvalue weighted by atomic mass is 35.5. The minimum atomic E-state index is -0.119. The van der Waals surface area contributed by atoms with Crippen LogP contribution < -0.4 is 5.32 Å². The zero-order valence-electron chi connectivity index (χ0n) is 12.3. The largest absolute Gasteiger partial charge is 0.352 e. The Labute approximate surface area is 144 Å². The van der Waals surface area contributed by atoms with E-state index >= 15 is 0 Å². The van der Waals surface area contributed by atoms with Gasteiger partial charge in [0.1, 0.15) is 5.01 Å². The van der Waals surface area contributed by atoms with E-state index in [1.807, 2.05) is 35.7 Å². The molecule has 0 unspecified atom stereocenters. The zero-order valence-corrected chi connectivity index (χ0v) is 13.9. The van der Waals surface area contributed by atoms with Gasteiger partial charge in [-0.15, -0.1) is 11.3 Å². The van der Waals surface area contributed by atoms with Crippen LogP contribution >= 0.6 is 22.9 Å². The summed E-state index contributed by atoms with van der Waals surface area (Å²) in [5, 5.41) is 6.49. The first-order valence-corrected chi connectivity index (χ1v) is 8.52. The Morgan fingerprint density at radius 1 is 1.13 bits per heavy atom. The van der Waals surface area contributed by atoms with Crippen LogP contribution in [0.3, 0.4) is 0 Å². The molecule has 0 saturated carbocycles. The third-order valence-electron chi connectivity index (χ3n) is 3.33. The van der Waals surface area contributed by atoms with Crippen molar-refractivity contribution < 1.29 is 4.79 Å². The number of hydrogen-bond acceptors (Lipinski definition) is 3. The van der Waals surface area contributed by atoms with Crippen LogP contribution in [0.1, 0.15) is 16.1 Å². The van der Waals surface area contributed by atoms with Gasteiger partial charge in [-0.2, -0.15) is 0 Å². The molecular formula is C18H15ClN2OS. The molecule has 3 rings (SSSR count). The molecule has 0 atom stereocenters. The molecule has 1 heterocycles. The maximum absolute atomic E-state index is 12.0. The summed E-state index contributed by atoms with van der Waals surface area (Å²) in [6, 6.07) is 17.0. The number of benzene rings is 2. The average molecular weight is 343 g/mol. The lowest BCUT2D eigenvalue weighted by atomic mass is 10.2. The molecule has 0 aliphatic carbocycles. The van der Waals surface area contributed by atoms with Gasteiger partial charge in [-0.25, -0.2) is 4.98 Å². The minimum absolute atomic E-state index is 0.119. The molecule has 3 nitrogen and oxygen atoms in total. The van der Waals surface area contributed by atoms with E-state index in [0.29, 0.717) is 23.6 Å². The molecule has 0 radical (unpaired) electrons. The zero-order chi connectivity index (χ0) is 16.1. The van der Waals surface area contributed by atoms with E-state index in [2.05, 4.69) is 10.3 Å². The van der Waals surface area contributed by atoms with E-state index in [0.717, 1.165) is 16.3 Å². The van der Waals surface area contributed by atoms with E-state index < -0.39 is 0 Å². The Hall–Kier alpha value is -2.17. The molecule has 0 spiro atoms. The van der Waals surface area contributed by atoms with Gasteiger partial charge in [-0.1, -0.05) is 48.0 Å². The maximum atomic E-state index is 12.0. The molecule has 0 aliphatic heterocycles. The fraction of sp³-hybridized carbons (Fsp3) is 0.111. The van der Waals surface area contributed by atoms with Gasteiger partial charge in [-0.05, 0) is 18.2 Å². The van der Waals surface area contributed by atoms with Gasteiger partial charge < -0.3 is 5.32 Å². The number of carbonyl (C=O) groups excluding carboxylic acids is 1. The van der Waals surface area contributed by atoms with Crippen LogP contribution in [0.25, 0.3) is 10.6 Å². The van der Waals surface area contributed by atoms with E-state index in [4.69, 9.17) is 11.6 Å². The van der Waals surface area contributed by atoms with Crippen LogP contribution in [-0.4, -0.2) is 17.4 Å². The summed E-state index contributed by atoms with van der Waals surface area (Å²) >= 11 is 7.51. The lowest BCUT2D eigenvalue weighted by Crippen LogP contribution is -2.25. The number of carbonyl (C=O) groups is 1. The van der Waals surface area contributed by atoms with Crippen molar-refractivity contribution in [3.05, 3.63) is 76.3 Å². The Morgan fingerprint density at radius 3 is 2.74 bits per heavy atom. The molecule has 1 N–H and O–H groups in total. The molecule has 3 aromatic rings. The number of amides is 1. The lowest BCUT2D eigenvalue weighted by Gasteiger charge is -2.04. The molecule has 5 heteroatoms. The lowest BCUT2D eigenvalue weighted by molar-refractivity contribution is 0.0954. The summed E-state index contributed by atoms with van der Waals surface area (Å²) in [7, 11) is 0. The first-order chi connectivity index (χ1) is 11.2. The van der Waals surface area contributed by atoms with E-state index in [1.54, 1.807) is 35.6 Å². The van der Waals surface area contributed by atoms with Crippen LogP contribution in [0, 0.1) is 0 Å². The maximum Gasteiger partial charge on any atom is 0.251 e. The number of thiazole rings is 1. The van der Waals surface area contributed by atoms with Crippen LogP contribution in [0.15, 0.2) is 60.0 Å². The number of aromatic nitrogens is 1. The van der Waals surface area contributed by atoms with E-state index in [-0.39, 0.29) is 5.91 Å². The quantitative estimate of drug-likeness (QED) is 0.745. The predicted molar refractivity (Wildman–Crippen MR) is 95.0 cm³/mol. The molecule has 0 fully saturated rings. The van der Waals surface area contributed by atoms with E-state index in [1.165, 1.54) is 0 Å². The third-order valence-corrected chi connectivity index (χ3v) is 4.50. The molecule has 0 aliphatic rings. The first kappa shape index (κ1) is 15.7. The SMILES string of the molecule is O=C(NCCc1csc(-c2ccccc2)n1)c1cccc(Cl)c1. The fourth-order valence-corrected chi connectivity index (χ4v) is 3.22. The molecular weight excluding hydrogens is 328 g/mol. The number of nitrogens with one attached hydrogen (secondary N) is 1. The predicted octanol–water partition coefficient (Wildman–Crippen LogP) is 4.44. The summed E-state index contributed by atoms with van der Waals surface area (Å²) in [5.41, 5.74) is 2.67. The van der Waals surface area contributed by atoms with Crippen LogP contribution in [0.4, 0.5) is 0 Å².